The topological polar surface area (TPSA) is 94.3 Å². The molecule has 0 aliphatic heterocycles. The summed E-state index contributed by atoms with van der Waals surface area (Å²) in [6.07, 6.45) is 3.35. The number of aromatic nitrogens is 1. The molecule has 6 nitrogen and oxygen atoms in total. The van der Waals surface area contributed by atoms with Crippen molar-refractivity contribution in [3.8, 4) is 28.1 Å². The smallest absolute Gasteiger partial charge is 0.267 e. The highest BCUT2D eigenvalue weighted by Crippen LogP contribution is 2.42. The number of anilines is 2. The van der Waals surface area contributed by atoms with Crippen molar-refractivity contribution < 1.29 is 14.3 Å². The normalized spacial score (nSPS) is 11.2. The average Bonchev–Trinajstić information content (AvgIpc) is 3.68. The van der Waals surface area contributed by atoms with E-state index in [2.05, 4.69) is 17.4 Å². The summed E-state index contributed by atoms with van der Waals surface area (Å²) in [5.41, 5.74) is 12.9. The third-order valence-electron chi connectivity index (χ3n) is 7.02. The van der Waals surface area contributed by atoms with Gasteiger partial charge in [0.2, 0.25) is 0 Å². The van der Waals surface area contributed by atoms with Crippen molar-refractivity contribution in [2.75, 3.05) is 18.2 Å². The number of rotatable bonds is 8. The Morgan fingerprint density at radius 1 is 0.930 bits per heavy atom. The molecule has 43 heavy (non-hydrogen) atoms. The number of thiophene rings is 2. The third kappa shape index (κ3) is 5.97. The van der Waals surface area contributed by atoms with E-state index in [0.717, 1.165) is 44.0 Å². The van der Waals surface area contributed by atoms with Gasteiger partial charge in [0.25, 0.3) is 5.91 Å². The predicted molar refractivity (Wildman–Crippen MR) is 178 cm³/mol. The number of carbonyl (C=O) groups excluding carboxylic acids is 2. The summed E-state index contributed by atoms with van der Waals surface area (Å²) < 4.78 is 5.35. The van der Waals surface area contributed by atoms with Crippen molar-refractivity contribution >= 4 is 62.0 Å². The molecule has 3 aromatic carbocycles. The molecule has 0 spiro atoms. The standard InChI is InChI=1S/C35H27N3O3S2/c1-21-5-7-23(8-6-21)29-20-28(22-11-15-26(41-2)16-12-22)31-32(36)33(43-35(31)38-29)34(40)37-25-13-9-24(10-14-25)30(39)18-17-27-4-3-19-42-27/h3-20H,36H2,1-2H3,(H,37,40)/b18-17+. The van der Waals surface area contributed by atoms with E-state index in [9.17, 15) is 9.59 Å². The van der Waals surface area contributed by atoms with Crippen LogP contribution in [0, 0.1) is 6.92 Å². The number of hydrogen-bond acceptors (Lipinski definition) is 7. The molecule has 0 saturated carbocycles. The van der Waals surface area contributed by atoms with Crippen molar-refractivity contribution in [3.63, 3.8) is 0 Å². The van der Waals surface area contributed by atoms with Gasteiger partial charge in [0.15, 0.2) is 5.78 Å². The summed E-state index contributed by atoms with van der Waals surface area (Å²) in [5, 5.41) is 5.62. The van der Waals surface area contributed by atoms with Gasteiger partial charge >= 0.3 is 0 Å². The van der Waals surface area contributed by atoms with Gasteiger partial charge in [0, 0.05) is 27.1 Å². The molecule has 0 saturated heterocycles. The van der Waals surface area contributed by atoms with Gasteiger partial charge in [-0.05, 0) is 84.1 Å². The van der Waals surface area contributed by atoms with Crippen LogP contribution in [-0.2, 0) is 0 Å². The van der Waals surface area contributed by atoms with Crippen molar-refractivity contribution in [1.29, 1.82) is 0 Å². The minimum absolute atomic E-state index is 0.110. The quantitative estimate of drug-likeness (QED) is 0.134. The lowest BCUT2D eigenvalue weighted by Gasteiger charge is -2.10. The number of nitrogens with two attached hydrogens (primary N) is 1. The summed E-state index contributed by atoms with van der Waals surface area (Å²) in [6.45, 7) is 2.04. The Bertz CT molecular complexity index is 1960. The number of nitrogens with zero attached hydrogens (tertiary/aromatic N) is 1. The van der Waals surface area contributed by atoms with E-state index in [0.29, 0.717) is 26.6 Å². The number of carbonyl (C=O) groups is 2. The van der Waals surface area contributed by atoms with E-state index < -0.39 is 0 Å². The summed E-state index contributed by atoms with van der Waals surface area (Å²) in [7, 11) is 1.63. The molecule has 0 atom stereocenters. The lowest BCUT2D eigenvalue weighted by atomic mass is 9.99. The van der Waals surface area contributed by atoms with Gasteiger partial charge in [-0.1, -0.05) is 48.0 Å². The van der Waals surface area contributed by atoms with Crippen LogP contribution in [0.15, 0.2) is 102 Å². The number of nitrogens with one attached hydrogen (secondary N) is 1. The SMILES string of the molecule is COc1ccc(-c2cc(-c3ccc(C)cc3)nc3sc(C(=O)Nc4ccc(C(=O)/C=C/c5cccs5)cc4)c(N)c23)cc1. The molecule has 0 fully saturated rings. The van der Waals surface area contributed by atoms with Crippen LogP contribution in [0.5, 0.6) is 5.75 Å². The Balaban J connectivity index is 1.32. The highest BCUT2D eigenvalue weighted by molar-refractivity contribution is 7.21. The number of allylic oxidation sites excluding steroid dienone is 1. The highest BCUT2D eigenvalue weighted by atomic mass is 32.1. The van der Waals surface area contributed by atoms with Crippen LogP contribution in [0.3, 0.4) is 0 Å². The molecule has 212 valence electrons. The second-order valence-corrected chi connectivity index (χ2v) is 11.9. The van der Waals surface area contributed by atoms with E-state index in [1.54, 1.807) is 54.9 Å². The number of methoxy groups -OCH3 is 1. The molecular formula is C35H27N3O3S2. The number of ketones is 1. The maximum Gasteiger partial charge on any atom is 0.267 e. The van der Waals surface area contributed by atoms with E-state index in [1.807, 2.05) is 66.9 Å². The maximum absolute atomic E-state index is 13.5. The zero-order valence-corrected chi connectivity index (χ0v) is 25.1. The Morgan fingerprint density at radius 3 is 2.33 bits per heavy atom. The van der Waals surface area contributed by atoms with Gasteiger partial charge in [0.1, 0.15) is 15.5 Å². The fourth-order valence-corrected chi connectivity index (χ4v) is 6.34. The lowest BCUT2D eigenvalue weighted by molar-refractivity contribution is 0.102. The van der Waals surface area contributed by atoms with Crippen LogP contribution in [0.25, 0.3) is 38.7 Å². The Hall–Kier alpha value is -5.05. The van der Waals surface area contributed by atoms with Gasteiger partial charge in [-0.15, -0.1) is 22.7 Å². The van der Waals surface area contributed by atoms with Gasteiger partial charge in [-0.25, -0.2) is 4.98 Å². The zero-order valence-electron chi connectivity index (χ0n) is 23.5. The van der Waals surface area contributed by atoms with Crippen LogP contribution in [0.2, 0.25) is 0 Å². The second kappa shape index (κ2) is 12.1. The molecular weight excluding hydrogens is 575 g/mol. The molecule has 0 aliphatic rings. The van der Waals surface area contributed by atoms with Crippen molar-refractivity contribution in [1.82, 2.24) is 4.98 Å². The van der Waals surface area contributed by atoms with Gasteiger partial charge in [-0.3, -0.25) is 9.59 Å². The number of nitrogen functional groups attached to an aromatic ring is 1. The first-order valence-corrected chi connectivity index (χ1v) is 15.2. The Labute approximate surface area is 257 Å². The maximum atomic E-state index is 13.5. The number of pyridine rings is 1. The minimum Gasteiger partial charge on any atom is -0.497 e. The summed E-state index contributed by atoms with van der Waals surface area (Å²) in [4.78, 5) is 33.0. The number of ether oxygens (including phenoxy) is 1. The number of fused-ring (bicyclic) bond motifs is 1. The fourth-order valence-electron chi connectivity index (χ4n) is 4.71. The van der Waals surface area contributed by atoms with E-state index in [4.69, 9.17) is 15.5 Å². The van der Waals surface area contributed by atoms with Gasteiger partial charge in [-0.2, -0.15) is 0 Å². The van der Waals surface area contributed by atoms with Gasteiger partial charge in [0.05, 0.1) is 18.5 Å². The molecule has 3 N–H and O–H groups in total. The molecule has 0 aliphatic carbocycles. The first kappa shape index (κ1) is 28.1. The number of aryl methyl sites for hydroxylation is 1. The van der Waals surface area contributed by atoms with E-state index in [1.165, 1.54) is 11.3 Å². The Kier molecular flexibility index (Phi) is 7.87. The average molecular weight is 602 g/mol. The van der Waals surface area contributed by atoms with Crippen molar-refractivity contribution in [2.24, 2.45) is 0 Å². The molecule has 0 unspecified atom stereocenters. The van der Waals surface area contributed by atoms with Crippen LogP contribution in [0.1, 0.15) is 30.5 Å². The number of benzene rings is 3. The van der Waals surface area contributed by atoms with Gasteiger partial charge < -0.3 is 15.8 Å². The molecule has 1 amide bonds. The first-order chi connectivity index (χ1) is 20.9. The third-order valence-corrected chi connectivity index (χ3v) is 8.96. The van der Waals surface area contributed by atoms with Crippen LogP contribution in [-0.4, -0.2) is 23.8 Å². The highest BCUT2D eigenvalue weighted by Gasteiger charge is 2.22. The first-order valence-electron chi connectivity index (χ1n) is 13.5. The van der Waals surface area contributed by atoms with Crippen molar-refractivity contribution in [2.45, 2.75) is 6.92 Å². The van der Waals surface area contributed by atoms with E-state index >= 15 is 0 Å². The van der Waals surface area contributed by atoms with Crippen molar-refractivity contribution in [3.05, 3.63) is 123 Å². The molecule has 8 heteroatoms. The molecule has 6 aromatic rings. The molecule has 0 radical (unpaired) electrons. The van der Waals surface area contributed by atoms with Crippen LogP contribution >= 0.6 is 22.7 Å². The molecule has 3 heterocycles. The molecule has 3 aromatic heterocycles. The van der Waals surface area contributed by atoms with E-state index in [-0.39, 0.29) is 11.7 Å². The van der Waals surface area contributed by atoms with Crippen LogP contribution < -0.4 is 15.8 Å². The zero-order chi connectivity index (χ0) is 29.9. The molecule has 0 bridgehead atoms. The number of hydrogen-bond donors (Lipinski definition) is 2. The summed E-state index contributed by atoms with van der Waals surface area (Å²) in [6, 6.07) is 28.6. The lowest BCUT2D eigenvalue weighted by Crippen LogP contribution is -2.12. The molecule has 6 rings (SSSR count). The number of amides is 1. The summed E-state index contributed by atoms with van der Waals surface area (Å²) in [5.74, 6) is 0.300. The largest absolute Gasteiger partial charge is 0.497 e. The van der Waals surface area contributed by atoms with Crippen LogP contribution in [0.4, 0.5) is 11.4 Å². The Morgan fingerprint density at radius 2 is 1.65 bits per heavy atom. The second-order valence-electron chi connectivity index (χ2n) is 9.92. The monoisotopic (exact) mass is 601 g/mol. The minimum atomic E-state index is -0.338. The summed E-state index contributed by atoms with van der Waals surface area (Å²) >= 11 is 2.82. The fraction of sp³-hybridized carbons (Fsp3) is 0.0571. The predicted octanol–water partition coefficient (Wildman–Crippen LogP) is 8.74.